The largest absolute Gasteiger partial charge is 0.422 e. The summed E-state index contributed by atoms with van der Waals surface area (Å²) < 4.78 is 5.06. The molecule has 0 saturated carbocycles. The minimum absolute atomic E-state index is 0.126. The minimum Gasteiger partial charge on any atom is -0.422 e. The molecule has 2 rings (SSSR count). The zero-order valence-corrected chi connectivity index (χ0v) is 8.74. The Bertz CT molecular complexity index is 523. The Balaban J connectivity index is 2.12. The molecule has 0 bridgehead atoms. The second kappa shape index (κ2) is 4.98. The van der Waals surface area contributed by atoms with Gasteiger partial charge in [0.05, 0.1) is 6.20 Å². The lowest BCUT2D eigenvalue weighted by atomic mass is 10.3. The summed E-state index contributed by atoms with van der Waals surface area (Å²) in [5.74, 6) is -0.134. The van der Waals surface area contributed by atoms with Crippen LogP contribution in [-0.2, 0) is 0 Å². The van der Waals surface area contributed by atoms with Gasteiger partial charge in [-0.15, -0.1) is 4.91 Å². The number of benzene rings is 1. The number of hydrogen-bond donors (Lipinski definition) is 0. The number of carbonyl (C=O) groups is 1. The van der Waals surface area contributed by atoms with E-state index in [9.17, 15) is 9.70 Å². The molecule has 0 atom stereocenters. The SMILES string of the molecule is O=Nc1ccc(C(=O)Oc2ccccc2)nc1. The molecule has 0 unspecified atom stereocenters. The second-order valence-electron chi connectivity index (χ2n) is 3.20. The first kappa shape index (κ1) is 10.9. The van der Waals surface area contributed by atoms with E-state index in [1.54, 1.807) is 24.3 Å². The summed E-state index contributed by atoms with van der Waals surface area (Å²) in [6, 6.07) is 11.5. The van der Waals surface area contributed by atoms with E-state index < -0.39 is 5.97 Å². The number of ether oxygens (including phenoxy) is 1. The number of para-hydroxylation sites is 1. The zero-order valence-electron chi connectivity index (χ0n) is 8.74. The number of nitrogens with zero attached hydrogens (tertiary/aromatic N) is 2. The number of nitroso groups, excluding NO2 is 1. The molecule has 0 amide bonds. The fourth-order valence-electron chi connectivity index (χ4n) is 1.21. The van der Waals surface area contributed by atoms with Gasteiger partial charge in [-0.05, 0) is 29.4 Å². The van der Waals surface area contributed by atoms with Crippen molar-refractivity contribution in [2.75, 3.05) is 0 Å². The van der Waals surface area contributed by atoms with Crippen LogP contribution in [0.15, 0.2) is 53.8 Å². The molecule has 0 saturated heterocycles. The van der Waals surface area contributed by atoms with Crippen molar-refractivity contribution in [1.82, 2.24) is 4.98 Å². The van der Waals surface area contributed by atoms with E-state index in [-0.39, 0.29) is 11.4 Å². The van der Waals surface area contributed by atoms with Gasteiger partial charge in [0.1, 0.15) is 17.1 Å². The number of carbonyl (C=O) groups excluding carboxylic acids is 1. The van der Waals surface area contributed by atoms with Crippen molar-refractivity contribution in [2.24, 2.45) is 5.18 Å². The van der Waals surface area contributed by atoms with Gasteiger partial charge in [0, 0.05) is 0 Å². The molecule has 0 radical (unpaired) electrons. The Morgan fingerprint density at radius 3 is 2.47 bits per heavy atom. The van der Waals surface area contributed by atoms with Gasteiger partial charge in [-0.1, -0.05) is 18.2 Å². The summed E-state index contributed by atoms with van der Waals surface area (Å²) in [5.41, 5.74) is 0.294. The summed E-state index contributed by atoms with van der Waals surface area (Å²) >= 11 is 0. The van der Waals surface area contributed by atoms with Crippen LogP contribution in [0.3, 0.4) is 0 Å². The summed E-state index contributed by atoms with van der Waals surface area (Å²) in [4.78, 5) is 25.6. The van der Waals surface area contributed by atoms with Gasteiger partial charge in [0.15, 0.2) is 0 Å². The predicted molar refractivity (Wildman–Crippen MR) is 61.1 cm³/mol. The van der Waals surface area contributed by atoms with Crippen LogP contribution < -0.4 is 4.74 Å². The maximum Gasteiger partial charge on any atom is 0.362 e. The van der Waals surface area contributed by atoms with Crippen molar-refractivity contribution in [3.63, 3.8) is 0 Å². The molecular weight excluding hydrogens is 220 g/mol. The molecule has 2 aromatic rings. The van der Waals surface area contributed by atoms with Crippen LogP contribution in [0, 0.1) is 4.91 Å². The molecule has 1 aromatic carbocycles. The van der Waals surface area contributed by atoms with Crippen molar-refractivity contribution in [2.45, 2.75) is 0 Å². The Labute approximate surface area is 97.0 Å². The quantitative estimate of drug-likeness (QED) is 0.460. The lowest BCUT2D eigenvalue weighted by Gasteiger charge is -2.02. The molecule has 0 aliphatic rings. The third-order valence-electron chi connectivity index (χ3n) is 2.02. The van der Waals surface area contributed by atoms with Crippen LogP contribution in [0.25, 0.3) is 0 Å². The maximum absolute atomic E-state index is 11.6. The molecule has 84 valence electrons. The highest BCUT2D eigenvalue weighted by molar-refractivity contribution is 5.89. The van der Waals surface area contributed by atoms with E-state index in [2.05, 4.69) is 10.2 Å². The Morgan fingerprint density at radius 1 is 1.12 bits per heavy atom. The first-order chi connectivity index (χ1) is 8.29. The smallest absolute Gasteiger partial charge is 0.362 e. The van der Waals surface area contributed by atoms with Gasteiger partial charge in [-0.3, -0.25) is 0 Å². The van der Waals surface area contributed by atoms with Crippen molar-refractivity contribution < 1.29 is 9.53 Å². The van der Waals surface area contributed by atoms with E-state index in [0.29, 0.717) is 5.75 Å². The van der Waals surface area contributed by atoms with Gasteiger partial charge in [0.2, 0.25) is 0 Å². The van der Waals surface area contributed by atoms with Gasteiger partial charge in [-0.25, -0.2) is 9.78 Å². The number of hydrogen-bond acceptors (Lipinski definition) is 5. The predicted octanol–water partition coefficient (Wildman–Crippen LogP) is 2.70. The fraction of sp³-hybridized carbons (Fsp3) is 0. The molecule has 5 heteroatoms. The Morgan fingerprint density at radius 2 is 1.88 bits per heavy atom. The molecule has 0 aliphatic carbocycles. The van der Waals surface area contributed by atoms with E-state index >= 15 is 0 Å². The first-order valence-corrected chi connectivity index (χ1v) is 4.86. The van der Waals surface area contributed by atoms with Crippen LogP contribution in [0.4, 0.5) is 5.69 Å². The molecule has 17 heavy (non-hydrogen) atoms. The van der Waals surface area contributed by atoms with E-state index in [4.69, 9.17) is 4.74 Å². The van der Waals surface area contributed by atoms with E-state index in [0.717, 1.165) is 0 Å². The lowest BCUT2D eigenvalue weighted by molar-refractivity contribution is 0.0728. The minimum atomic E-state index is -0.575. The van der Waals surface area contributed by atoms with Gasteiger partial charge in [0.25, 0.3) is 0 Å². The van der Waals surface area contributed by atoms with Crippen LogP contribution in [0.2, 0.25) is 0 Å². The molecule has 1 heterocycles. The number of esters is 1. The number of rotatable bonds is 3. The molecule has 1 aromatic heterocycles. The molecule has 0 spiro atoms. The third-order valence-corrected chi connectivity index (χ3v) is 2.02. The summed E-state index contributed by atoms with van der Waals surface area (Å²) in [5, 5.41) is 2.69. The summed E-state index contributed by atoms with van der Waals surface area (Å²) in [6.45, 7) is 0. The van der Waals surface area contributed by atoms with Crippen LogP contribution in [0.1, 0.15) is 10.5 Å². The van der Waals surface area contributed by atoms with Crippen molar-refractivity contribution >= 4 is 11.7 Å². The Hall–Kier alpha value is -2.56. The van der Waals surface area contributed by atoms with Crippen molar-refractivity contribution in [3.8, 4) is 5.75 Å². The van der Waals surface area contributed by atoms with E-state index in [1.807, 2.05) is 6.07 Å². The lowest BCUT2D eigenvalue weighted by Crippen LogP contribution is -2.09. The van der Waals surface area contributed by atoms with Gasteiger partial charge >= 0.3 is 5.97 Å². The third kappa shape index (κ3) is 2.72. The molecule has 5 nitrogen and oxygen atoms in total. The molecule has 0 fully saturated rings. The summed E-state index contributed by atoms with van der Waals surface area (Å²) in [7, 11) is 0. The topological polar surface area (TPSA) is 68.6 Å². The van der Waals surface area contributed by atoms with Crippen LogP contribution in [0.5, 0.6) is 5.75 Å². The maximum atomic E-state index is 11.6. The van der Waals surface area contributed by atoms with Gasteiger partial charge < -0.3 is 4.74 Å². The molecule has 0 aliphatic heterocycles. The highest BCUT2D eigenvalue weighted by atomic mass is 16.5. The standard InChI is InChI=1S/C12H8N2O3/c15-12(17-10-4-2-1-3-5-10)11-7-6-9(14-16)8-13-11/h1-8H. The number of aromatic nitrogens is 1. The van der Waals surface area contributed by atoms with Gasteiger partial charge in [-0.2, -0.15) is 0 Å². The highest BCUT2D eigenvalue weighted by Gasteiger charge is 2.09. The highest BCUT2D eigenvalue weighted by Crippen LogP contribution is 2.13. The average molecular weight is 228 g/mol. The fourth-order valence-corrected chi connectivity index (χ4v) is 1.21. The Kier molecular flexibility index (Phi) is 3.20. The van der Waals surface area contributed by atoms with E-state index in [1.165, 1.54) is 18.3 Å². The normalized spacial score (nSPS) is 9.65. The zero-order chi connectivity index (χ0) is 12.1. The second-order valence-corrected chi connectivity index (χ2v) is 3.20. The monoisotopic (exact) mass is 228 g/mol. The average Bonchev–Trinajstić information content (AvgIpc) is 2.40. The molecular formula is C12H8N2O3. The first-order valence-electron chi connectivity index (χ1n) is 4.86. The van der Waals surface area contributed by atoms with Crippen LogP contribution in [-0.4, -0.2) is 11.0 Å². The number of pyridine rings is 1. The van der Waals surface area contributed by atoms with Crippen molar-refractivity contribution in [3.05, 3.63) is 59.3 Å². The molecule has 0 N–H and O–H groups in total. The summed E-state index contributed by atoms with van der Waals surface area (Å²) in [6.07, 6.45) is 1.22. The van der Waals surface area contributed by atoms with Crippen molar-refractivity contribution in [1.29, 1.82) is 0 Å². The van der Waals surface area contributed by atoms with Crippen LogP contribution >= 0.6 is 0 Å².